The first-order chi connectivity index (χ1) is 16.5. The topological polar surface area (TPSA) is 79.7 Å². The van der Waals surface area contributed by atoms with Gasteiger partial charge >= 0.3 is 5.91 Å². The zero-order valence-corrected chi connectivity index (χ0v) is 19.5. The number of nitrogens with zero attached hydrogens (tertiary/aromatic N) is 2. The average molecular weight is 471 g/mol. The number of aromatic nitrogens is 1. The fraction of sp³-hybridized carbons (Fsp3) is 0.148. The van der Waals surface area contributed by atoms with Crippen molar-refractivity contribution in [1.29, 1.82) is 0 Å². The van der Waals surface area contributed by atoms with E-state index >= 15 is 0 Å². The Morgan fingerprint density at radius 1 is 1.06 bits per heavy atom. The van der Waals surface area contributed by atoms with Crippen molar-refractivity contribution < 1.29 is 19.4 Å². The number of methoxy groups -OCH3 is 1. The molecule has 1 aliphatic heterocycles. The van der Waals surface area contributed by atoms with E-state index in [1.165, 1.54) is 21.8 Å². The predicted molar refractivity (Wildman–Crippen MR) is 133 cm³/mol. The molecule has 0 saturated carbocycles. The molecule has 1 amide bonds. The van der Waals surface area contributed by atoms with Crippen LogP contribution in [-0.2, 0) is 16.0 Å². The number of rotatable bonds is 5. The molecule has 7 heteroatoms. The number of ether oxygens (including phenoxy) is 1. The number of Topliss-reactive ketones (excluding diaryl/α,β-unsaturated/α-hetero) is 1. The van der Waals surface area contributed by atoms with E-state index in [4.69, 9.17) is 4.74 Å². The van der Waals surface area contributed by atoms with Crippen molar-refractivity contribution in [2.24, 2.45) is 0 Å². The van der Waals surface area contributed by atoms with Gasteiger partial charge in [0.25, 0.3) is 5.78 Å². The Morgan fingerprint density at radius 3 is 2.47 bits per heavy atom. The van der Waals surface area contributed by atoms with Gasteiger partial charge in [-0.3, -0.25) is 14.5 Å². The van der Waals surface area contributed by atoms with Crippen LogP contribution >= 0.6 is 11.3 Å². The van der Waals surface area contributed by atoms with E-state index in [2.05, 4.69) is 18.0 Å². The molecule has 4 aromatic rings. The molecule has 0 aliphatic carbocycles. The van der Waals surface area contributed by atoms with E-state index < -0.39 is 17.7 Å². The third-order valence-corrected chi connectivity index (χ3v) is 7.00. The number of aryl methyl sites for hydroxylation is 1. The molecular formula is C27H22N2O4S. The average Bonchev–Trinajstić information content (AvgIpc) is 3.41. The summed E-state index contributed by atoms with van der Waals surface area (Å²) >= 11 is 1.36. The van der Waals surface area contributed by atoms with Gasteiger partial charge in [-0.15, -0.1) is 0 Å². The smallest absolute Gasteiger partial charge is 0.301 e. The molecular weight excluding hydrogens is 448 g/mol. The van der Waals surface area contributed by atoms with Crippen molar-refractivity contribution >= 4 is 44.1 Å². The summed E-state index contributed by atoms with van der Waals surface area (Å²) in [4.78, 5) is 32.7. The number of hydrogen-bond donors (Lipinski definition) is 1. The van der Waals surface area contributed by atoms with Gasteiger partial charge in [0.2, 0.25) is 0 Å². The first-order valence-electron chi connectivity index (χ1n) is 10.9. The minimum atomic E-state index is -0.797. The largest absolute Gasteiger partial charge is 0.507 e. The first-order valence-corrected chi connectivity index (χ1v) is 11.7. The Bertz CT molecular complexity index is 1420. The molecule has 2 heterocycles. The third kappa shape index (κ3) is 3.64. The molecule has 170 valence electrons. The number of benzene rings is 3. The van der Waals surface area contributed by atoms with Crippen molar-refractivity contribution in [1.82, 2.24) is 4.98 Å². The number of ketones is 1. The molecule has 1 aliphatic rings. The van der Waals surface area contributed by atoms with Crippen molar-refractivity contribution in [2.75, 3.05) is 12.0 Å². The van der Waals surface area contributed by atoms with Crippen LogP contribution in [0.2, 0.25) is 0 Å². The van der Waals surface area contributed by atoms with Crippen LogP contribution in [0.5, 0.6) is 5.75 Å². The molecule has 0 bridgehead atoms. The fourth-order valence-corrected chi connectivity index (χ4v) is 5.22. The van der Waals surface area contributed by atoms with Crippen LogP contribution in [0.3, 0.4) is 0 Å². The van der Waals surface area contributed by atoms with E-state index in [1.807, 2.05) is 42.5 Å². The monoisotopic (exact) mass is 470 g/mol. The molecule has 0 unspecified atom stereocenters. The summed E-state index contributed by atoms with van der Waals surface area (Å²) in [6.45, 7) is 2.08. The highest BCUT2D eigenvalue weighted by Gasteiger charge is 2.48. The molecule has 34 heavy (non-hydrogen) atoms. The van der Waals surface area contributed by atoms with E-state index in [0.29, 0.717) is 22.0 Å². The molecule has 0 radical (unpaired) electrons. The summed E-state index contributed by atoms with van der Waals surface area (Å²) in [6.07, 6.45) is 0.888. The molecule has 1 saturated heterocycles. The van der Waals surface area contributed by atoms with Gasteiger partial charge in [0.05, 0.1) is 28.9 Å². The highest BCUT2D eigenvalue weighted by atomic mass is 32.1. The van der Waals surface area contributed by atoms with Crippen LogP contribution in [-0.4, -0.2) is 28.9 Å². The Kier molecular flexibility index (Phi) is 5.63. The number of thiazole rings is 1. The molecule has 1 fully saturated rings. The molecule has 1 atom stereocenters. The Balaban J connectivity index is 1.69. The van der Waals surface area contributed by atoms with Gasteiger partial charge in [-0.05, 0) is 53.9 Å². The summed E-state index contributed by atoms with van der Waals surface area (Å²) in [6, 6.07) is 21.1. The zero-order chi connectivity index (χ0) is 23.8. The van der Waals surface area contributed by atoms with E-state index in [1.54, 1.807) is 31.4 Å². The number of aliphatic hydroxyl groups is 1. The maximum absolute atomic E-state index is 13.3. The lowest BCUT2D eigenvalue weighted by Gasteiger charge is -2.22. The zero-order valence-electron chi connectivity index (χ0n) is 18.7. The SMILES string of the molecule is CCc1ccc2nc(N3C(=O)C(=O)C(=C(O)c4ccc(OC)cc4)[C@@H]3c3ccccc3)sc2c1. The number of amides is 1. The van der Waals surface area contributed by atoms with E-state index in [9.17, 15) is 14.7 Å². The fourth-order valence-electron chi connectivity index (χ4n) is 4.16. The van der Waals surface area contributed by atoms with Gasteiger partial charge in [0.15, 0.2) is 5.13 Å². The standard InChI is InChI=1S/C27H22N2O4S/c1-3-16-9-14-20-21(15-16)34-27(28-20)29-23(17-7-5-4-6-8-17)22(25(31)26(29)32)24(30)18-10-12-19(33-2)13-11-18/h4-15,23,30H,3H2,1-2H3/t23-/m0/s1. The lowest BCUT2D eigenvalue weighted by molar-refractivity contribution is -0.132. The second-order valence-electron chi connectivity index (χ2n) is 7.96. The van der Waals surface area contributed by atoms with Gasteiger partial charge in [-0.25, -0.2) is 4.98 Å². The van der Waals surface area contributed by atoms with Gasteiger partial charge < -0.3 is 9.84 Å². The molecule has 1 N–H and O–H groups in total. The summed E-state index contributed by atoms with van der Waals surface area (Å²) in [5, 5.41) is 11.6. The minimum Gasteiger partial charge on any atom is -0.507 e. The van der Waals surface area contributed by atoms with Crippen molar-refractivity contribution in [2.45, 2.75) is 19.4 Å². The lowest BCUT2D eigenvalue weighted by Crippen LogP contribution is -2.29. The number of carbonyl (C=O) groups excluding carboxylic acids is 2. The number of hydrogen-bond acceptors (Lipinski definition) is 6. The third-order valence-electron chi connectivity index (χ3n) is 5.98. The van der Waals surface area contributed by atoms with Crippen LogP contribution in [0.15, 0.2) is 78.4 Å². The van der Waals surface area contributed by atoms with Gasteiger partial charge in [-0.2, -0.15) is 0 Å². The molecule has 0 spiro atoms. The Hall–Kier alpha value is -3.97. The predicted octanol–water partition coefficient (Wildman–Crippen LogP) is 5.49. The quantitative estimate of drug-likeness (QED) is 0.237. The molecule has 1 aromatic heterocycles. The molecule has 5 rings (SSSR count). The number of carbonyl (C=O) groups is 2. The van der Waals surface area contributed by atoms with Crippen LogP contribution in [0.25, 0.3) is 16.0 Å². The van der Waals surface area contributed by atoms with E-state index in [-0.39, 0.29) is 11.3 Å². The van der Waals surface area contributed by atoms with Crippen molar-refractivity contribution in [3.8, 4) is 5.75 Å². The highest BCUT2D eigenvalue weighted by molar-refractivity contribution is 7.22. The van der Waals surface area contributed by atoms with Gasteiger partial charge in [-0.1, -0.05) is 54.7 Å². The normalized spacial score (nSPS) is 17.5. The Labute approximate surface area is 200 Å². The Morgan fingerprint density at radius 2 is 1.79 bits per heavy atom. The van der Waals surface area contributed by atoms with Gasteiger partial charge in [0.1, 0.15) is 11.5 Å². The van der Waals surface area contributed by atoms with Crippen LogP contribution in [0.1, 0.15) is 29.7 Å². The van der Waals surface area contributed by atoms with Crippen LogP contribution in [0, 0.1) is 0 Å². The number of fused-ring (bicyclic) bond motifs is 1. The summed E-state index contributed by atoms with van der Waals surface area (Å²) in [5.74, 6) is -1.06. The molecule has 6 nitrogen and oxygen atoms in total. The second-order valence-corrected chi connectivity index (χ2v) is 8.97. The van der Waals surface area contributed by atoms with Crippen LogP contribution in [0.4, 0.5) is 5.13 Å². The number of anilines is 1. The minimum absolute atomic E-state index is 0.0369. The maximum Gasteiger partial charge on any atom is 0.301 e. The van der Waals surface area contributed by atoms with Crippen molar-refractivity contribution in [3.63, 3.8) is 0 Å². The van der Waals surface area contributed by atoms with Crippen molar-refractivity contribution in [3.05, 3.63) is 95.1 Å². The van der Waals surface area contributed by atoms with E-state index in [0.717, 1.165) is 16.6 Å². The van der Waals surface area contributed by atoms with Crippen LogP contribution < -0.4 is 9.64 Å². The summed E-state index contributed by atoms with van der Waals surface area (Å²) < 4.78 is 6.13. The highest BCUT2D eigenvalue weighted by Crippen LogP contribution is 2.44. The maximum atomic E-state index is 13.3. The summed E-state index contributed by atoms with van der Waals surface area (Å²) in [5.41, 5.74) is 3.11. The first kappa shape index (κ1) is 21.9. The summed E-state index contributed by atoms with van der Waals surface area (Å²) in [7, 11) is 1.55. The van der Waals surface area contributed by atoms with Gasteiger partial charge in [0, 0.05) is 5.56 Å². The number of aliphatic hydroxyl groups excluding tert-OH is 1. The lowest BCUT2D eigenvalue weighted by atomic mass is 9.95. The molecule has 3 aromatic carbocycles. The second kappa shape index (κ2) is 8.76.